The Balaban J connectivity index is 4.29. The number of allylic oxidation sites excluding steroid dienone is 15. The number of phosphoric ester groups is 1. The van der Waals surface area contributed by atoms with Gasteiger partial charge in [-0.1, -0.05) is 220 Å². The second kappa shape index (κ2) is 47.5. The van der Waals surface area contributed by atoms with Crippen molar-refractivity contribution in [1.29, 1.82) is 0 Å². The Morgan fingerprint density at radius 3 is 1.33 bits per heavy atom. The first kappa shape index (κ1) is 63.4. The molecule has 0 rings (SSSR count). The number of nitrogens with one attached hydrogen (secondary N) is 1. The van der Waals surface area contributed by atoms with Crippen molar-refractivity contribution in [2.75, 3.05) is 40.9 Å². The van der Waals surface area contributed by atoms with Crippen LogP contribution in [0.2, 0.25) is 0 Å². The van der Waals surface area contributed by atoms with Crippen molar-refractivity contribution in [2.24, 2.45) is 0 Å². The number of unbranched alkanes of at least 4 members (excludes halogenated alkanes) is 20. The van der Waals surface area contributed by atoms with Gasteiger partial charge in [-0.2, -0.15) is 0 Å². The number of phosphoric acid groups is 1. The van der Waals surface area contributed by atoms with Crippen LogP contribution >= 0.6 is 7.82 Å². The third-order valence-electron chi connectivity index (χ3n) is 11.3. The van der Waals surface area contributed by atoms with Crippen LogP contribution in [0.25, 0.3) is 0 Å². The molecule has 0 aliphatic heterocycles. The summed E-state index contributed by atoms with van der Waals surface area (Å²) in [6, 6.07) is -0.859. The standard InChI is InChI=1S/C57H101N2O6P/c1-6-8-10-12-14-16-18-20-22-23-24-25-26-27-28-29-30-31-32-33-34-35-37-39-41-43-45-47-49-51-57(61)58-55(54-65-66(62,63)64-53-52-59(3,4)5)56(60)50-48-46-44-42-40-38-36-21-19-17-15-13-11-9-7-2/h8,10,14,16,20,22,24-25,27-28,30-31,33-34,48,50,55-56,60H,6-7,9,11-13,15,17-19,21,23,26,29,32,35-47,49,51-54H2,1-5H3,(H-,58,61,62,63)/p+1/b10-8-,16-14-,22-20-,25-24-,28-27-,31-30-,34-33-,50-48+. The lowest BCUT2D eigenvalue weighted by molar-refractivity contribution is -0.870. The molecule has 0 spiro atoms. The zero-order valence-electron chi connectivity index (χ0n) is 43.1. The molecule has 8 nitrogen and oxygen atoms in total. The molecule has 0 aromatic rings. The summed E-state index contributed by atoms with van der Waals surface area (Å²) in [5, 5.41) is 13.9. The van der Waals surface area contributed by atoms with Crippen LogP contribution in [0.5, 0.6) is 0 Å². The molecule has 0 heterocycles. The van der Waals surface area contributed by atoms with E-state index in [-0.39, 0.29) is 19.1 Å². The summed E-state index contributed by atoms with van der Waals surface area (Å²) >= 11 is 0. The summed E-state index contributed by atoms with van der Waals surface area (Å²) in [5.41, 5.74) is 0. The lowest BCUT2D eigenvalue weighted by atomic mass is 10.0. The maximum atomic E-state index is 12.9. The Morgan fingerprint density at radius 2 is 0.909 bits per heavy atom. The maximum Gasteiger partial charge on any atom is 0.472 e. The second-order valence-corrected chi connectivity index (χ2v) is 20.3. The summed E-state index contributed by atoms with van der Waals surface area (Å²) in [4.78, 5) is 23.2. The summed E-state index contributed by atoms with van der Waals surface area (Å²) in [6.07, 6.45) is 67.7. The van der Waals surface area contributed by atoms with Gasteiger partial charge in [0.25, 0.3) is 0 Å². The monoisotopic (exact) mass is 942 g/mol. The average Bonchev–Trinajstić information content (AvgIpc) is 3.28. The summed E-state index contributed by atoms with van der Waals surface area (Å²) in [7, 11) is 1.55. The molecule has 66 heavy (non-hydrogen) atoms. The molecular formula is C57H102N2O6P+. The quantitative estimate of drug-likeness (QED) is 0.0243. The Labute approximate surface area is 407 Å². The third kappa shape index (κ3) is 49.3. The predicted molar refractivity (Wildman–Crippen MR) is 286 cm³/mol. The molecule has 0 aliphatic carbocycles. The van der Waals surface area contributed by atoms with Gasteiger partial charge >= 0.3 is 7.82 Å². The molecule has 380 valence electrons. The van der Waals surface area contributed by atoms with Crippen molar-refractivity contribution in [3.8, 4) is 0 Å². The van der Waals surface area contributed by atoms with Crippen LogP contribution in [0.1, 0.15) is 206 Å². The number of hydrogen-bond donors (Lipinski definition) is 3. The summed E-state index contributed by atoms with van der Waals surface area (Å²) in [6.45, 7) is 4.68. The van der Waals surface area contributed by atoms with Crippen molar-refractivity contribution in [1.82, 2.24) is 5.32 Å². The highest BCUT2D eigenvalue weighted by atomic mass is 31.2. The zero-order valence-corrected chi connectivity index (χ0v) is 44.0. The van der Waals surface area contributed by atoms with Crippen LogP contribution in [0.3, 0.4) is 0 Å². The summed E-state index contributed by atoms with van der Waals surface area (Å²) in [5.74, 6) is -0.193. The van der Waals surface area contributed by atoms with E-state index in [1.165, 1.54) is 89.9 Å². The third-order valence-corrected chi connectivity index (χ3v) is 12.3. The van der Waals surface area contributed by atoms with Crippen LogP contribution < -0.4 is 5.32 Å². The van der Waals surface area contributed by atoms with Crippen molar-refractivity contribution in [3.05, 3.63) is 97.2 Å². The number of nitrogens with zero attached hydrogens (tertiary/aromatic N) is 1. The van der Waals surface area contributed by atoms with Crippen LogP contribution in [-0.4, -0.2) is 73.4 Å². The van der Waals surface area contributed by atoms with E-state index in [0.29, 0.717) is 17.4 Å². The molecule has 0 saturated heterocycles. The molecular weight excluding hydrogens is 840 g/mol. The molecule has 1 amide bonds. The maximum absolute atomic E-state index is 12.9. The lowest BCUT2D eigenvalue weighted by Gasteiger charge is -2.25. The average molecular weight is 942 g/mol. The number of amides is 1. The summed E-state index contributed by atoms with van der Waals surface area (Å²) < 4.78 is 23.6. The van der Waals surface area contributed by atoms with Crippen molar-refractivity contribution in [3.63, 3.8) is 0 Å². The Morgan fingerprint density at radius 1 is 0.530 bits per heavy atom. The number of likely N-dealkylation sites (N-methyl/N-ethyl adjacent to an activating group) is 1. The Kier molecular flexibility index (Phi) is 45.6. The molecule has 9 heteroatoms. The Bertz CT molecular complexity index is 1390. The normalized spacial score (nSPS) is 14.8. The predicted octanol–water partition coefficient (Wildman–Crippen LogP) is 15.9. The van der Waals surface area contributed by atoms with Crippen molar-refractivity contribution >= 4 is 13.7 Å². The molecule has 0 radical (unpaired) electrons. The molecule has 3 N–H and O–H groups in total. The number of aliphatic hydroxyl groups is 1. The van der Waals surface area contributed by atoms with Crippen LogP contribution in [0, 0.1) is 0 Å². The minimum atomic E-state index is -4.35. The van der Waals surface area contributed by atoms with E-state index in [4.69, 9.17) is 9.05 Å². The molecule has 0 fully saturated rings. The number of hydrogen-bond acceptors (Lipinski definition) is 5. The van der Waals surface area contributed by atoms with E-state index >= 15 is 0 Å². The topological polar surface area (TPSA) is 105 Å². The van der Waals surface area contributed by atoms with Gasteiger partial charge in [0, 0.05) is 6.42 Å². The van der Waals surface area contributed by atoms with Crippen LogP contribution in [0.15, 0.2) is 97.2 Å². The van der Waals surface area contributed by atoms with Gasteiger partial charge in [-0.05, 0) is 77.0 Å². The van der Waals surface area contributed by atoms with Gasteiger partial charge in [0.05, 0.1) is 39.9 Å². The molecule has 0 bridgehead atoms. The van der Waals surface area contributed by atoms with Gasteiger partial charge in [-0.15, -0.1) is 0 Å². The minimum Gasteiger partial charge on any atom is -0.387 e. The van der Waals surface area contributed by atoms with Gasteiger partial charge < -0.3 is 19.8 Å². The van der Waals surface area contributed by atoms with Crippen molar-refractivity contribution in [2.45, 2.75) is 219 Å². The molecule has 0 aliphatic rings. The number of carbonyl (C=O) groups is 1. The first-order valence-electron chi connectivity index (χ1n) is 26.6. The van der Waals surface area contributed by atoms with Crippen molar-refractivity contribution < 1.29 is 32.9 Å². The second-order valence-electron chi connectivity index (χ2n) is 18.9. The number of aliphatic hydroxyl groups excluding tert-OH is 1. The van der Waals surface area contributed by atoms with Gasteiger partial charge in [0.1, 0.15) is 13.2 Å². The highest BCUT2D eigenvalue weighted by Gasteiger charge is 2.27. The fourth-order valence-electron chi connectivity index (χ4n) is 7.14. The van der Waals surface area contributed by atoms with Gasteiger partial charge in [-0.3, -0.25) is 13.8 Å². The highest BCUT2D eigenvalue weighted by molar-refractivity contribution is 7.47. The van der Waals surface area contributed by atoms with E-state index in [1.807, 2.05) is 27.2 Å². The van der Waals surface area contributed by atoms with Crippen LogP contribution in [-0.2, 0) is 18.4 Å². The van der Waals surface area contributed by atoms with Gasteiger partial charge in [0.15, 0.2) is 0 Å². The largest absolute Gasteiger partial charge is 0.472 e. The SMILES string of the molecule is CC/C=C\C/C=C\C/C=C\C/C=C\C/C=C\C/C=C\C/C=C\CCCCCCCCCC(=O)NC(COP(=O)(O)OCC[N+](C)(C)C)C(O)/C=C/CCCCCCCCCCCCCCC. The lowest BCUT2D eigenvalue weighted by Crippen LogP contribution is -2.45. The molecule has 0 aromatic heterocycles. The number of rotatable bonds is 47. The molecule has 0 aromatic carbocycles. The number of carbonyl (C=O) groups excluding carboxylic acids is 1. The first-order chi connectivity index (χ1) is 32.0. The fourth-order valence-corrected chi connectivity index (χ4v) is 7.87. The van der Waals surface area contributed by atoms with E-state index in [9.17, 15) is 19.4 Å². The number of quaternary nitrogens is 1. The molecule has 3 unspecified atom stereocenters. The zero-order chi connectivity index (χ0) is 48.5. The van der Waals surface area contributed by atoms with E-state index in [0.717, 1.165) is 96.3 Å². The van der Waals surface area contributed by atoms with Crippen LogP contribution in [0.4, 0.5) is 0 Å². The van der Waals surface area contributed by atoms with Gasteiger partial charge in [0.2, 0.25) is 5.91 Å². The Hall–Kier alpha value is -2.58. The van der Waals surface area contributed by atoms with E-state index in [2.05, 4.69) is 104 Å². The molecule has 0 saturated carbocycles. The minimum absolute atomic E-state index is 0.0542. The molecule has 3 atom stereocenters. The highest BCUT2D eigenvalue weighted by Crippen LogP contribution is 2.43. The van der Waals surface area contributed by atoms with Gasteiger partial charge in [-0.25, -0.2) is 4.57 Å². The smallest absolute Gasteiger partial charge is 0.387 e. The fraction of sp³-hybridized carbons (Fsp3) is 0.702. The first-order valence-corrected chi connectivity index (χ1v) is 28.1. The van der Waals surface area contributed by atoms with E-state index < -0.39 is 20.0 Å². The van der Waals surface area contributed by atoms with E-state index in [1.54, 1.807) is 6.08 Å².